The zero-order chi connectivity index (χ0) is 3.54. The summed E-state index contributed by atoms with van der Waals surface area (Å²) in [6, 6.07) is 10.0. The molecule has 0 aliphatic heterocycles. The maximum Gasteiger partial charge on any atom is 4.00 e. The van der Waals surface area contributed by atoms with Crippen molar-refractivity contribution in [1.82, 2.24) is 0 Å². The van der Waals surface area contributed by atoms with Crippen LogP contribution in [0.4, 0.5) is 0 Å². The van der Waals surface area contributed by atoms with E-state index >= 15 is 0 Å². The van der Waals surface area contributed by atoms with Gasteiger partial charge in [-0.3, -0.25) is 0 Å². The standard InChI is InChI=1S/C5H5.4ClH.Zr/c1-2-4-5-3-1;;;;;/h1-5H;4*1H;/q-1;;;;;+4/p-4. The van der Waals surface area contributed by atoms with Crippen molar-refractivity contribution in [3.63, 3.8) is 0 Å². The second-order valence-electron chi connectivity index (χ2n) is 0.962. The van der Waals surface area contributed by atoms with Gasteiger partial charge in [0.05, 0.1) is 0 Å². The summed E-state index contributed by atoms with van der Waals surface area (Å²) >= 11 is 0. The Morgan fingerprint density at radius 3 is 1.10 bits per heavy atom. The molecule has 0 spiro atoms. The summed E-state index contributed by atoms with van der Waals surface area (Å²) < 4.78 is 0. The van der Waals surface area contributed by atoms with Gasteiger partial charge in [-0.2, -0.15) is 18.2 Å². The van der Waals surface area contributed by atoms with Crippen LogP contribution >= 0.6 is 0 Å². The minimum absolute atomic E-state index is 0. The molecule has 0 aromatic heterocycles. The van der Waals surface area contributed by atoms with E-state index in [2.05, 4.69) is 0 Å². The van der Waals surface area contributed by atoms with Crippen LogP contribution in [0.3, 0.4) is 0 Å². The van der Waals surface area contributed by atoms with Crippen LogP contribution in [0.25, 0.3) is 0 Å². The summed E-state index contributed by atoms with van der Waals surface area (Å²) in [6.07, 6.45) is 0. The normalized spacial score (nSPS) is 4.00. The molecule has 0 radical (unpaired) electrons. The van der Waals surface area contributed by atoms with Gasteiger partial charge < -0.3 is 49.6 Å². The van der Waals surface area contributed by atoms with Gasteiger partial charge in [0.15, 0.2) is 0 Å². The Morgan fingerprint density at radius 1 is 0.700 bits per heavy atom. The molecule has 1 aromatic carbocycles. The Bertz CT molecular complexity index is 70.1. The molecule has 0 saturated heterocycles. The largest absolute Gasteiger partial charge is 4.00 e. The fraction of sp³-hybridized carbons (Fsp3) is 0. The van der Waals surface area contributed by atoms with Crippen molar-refractivity contribution in [3.8, 4) is 0 Å². The van der Waals surface area contributed by atoms with E-state index in [-0.39, 0.29) is 75.8 Å². The molecule has 0 fully saturated rings. The van der Waals surface area contributed by atoms with Crippen molar-refractivity contribution < 1.29 is 75.8 Å². The SMILES string of the molecule is [Cl-].[Cl-].[Cl-].[Cl-].[Zr+4].c1cc[cH-]c1. The maximum atomic E-state index is 2.00. The van der Waals surface area contributed by atoms with Gasteiger partial charge in [-0.1, -0.05) is 0 Å². The zero-order valence-corrected chi connectivity index (χ0v) is 10.4. The van der Waals surface area contributed by atoms with Gasteiger partial charge in [-0.15, -0.1) is 0 Å². The van der Waals surface area contributed by atoms with Gasteiger partial charge in [0.25, 0.3) is 0 Å². The van der Waals surface area contributed by atoms with E-state index in [9.17, 15) is 0 Å². The number of halogens is 4. The first-order valence-electron chi connectivity index (χ1n) is 1.67. The molecule has 0 aliphatic carbocycles. The molecule has 1 aromatic rings. The molecule has 10 heavy (non-hydrogen) atoms. The molecule has 0 saturated carbocycles. The Balaban J connectivity index is -0.0000000167. The van der Waals surface area contributed by atoms with Crippen molar-refractivity contribution in [3.05, 3.63) is 30.3 Å². The molecule has 0 bridgehead atoms. The predicted molar refractivity (Wildman–Crippen MR) is 22.0 cm³/mol. The second kappa shape index (κ2) is 22.4. The molecule has 0 aliphatic rings. The summed E-state index contributed by atoms with van der Waals surface area (Å²) in [5.74, 6) is 0. The van der Waals surface area contributed by atoms with Crippen LogP contribution in [0.5, 0.6) is 0 Å². The molecule has 58 valence electrons. The van der Waals surface area contributed by atoms with Crippen LogP contribution in [-0.2, 0) is 26.2 Å². The minimum atomic E-state index is 0. The fourth-order valence-electron chi connectivity index (χ4n) is 0.321. The average molecular weight is 298 g/mol. The Hall–Kier alpha value is 1.39. The Kier molecular flexibility index (Phi) is 67.6. The topological polar surface area (TPSA) is 0 Å². The van der Waals surface area contributed by atoms with Crippen LogP contribution in [-0.4, -0.2) is 0 Å². The molecular formula is C5H5Cl4Zr-. The van der Waals surface area contributed by atoms with E-state index in [0.717, 1.165) is 0 Å². The van der Waals surface area contributed by atoms with Crippen molar-refractivity contribution in [2.45, 2.75) is 0 Å². The van der Waals surface area contributed by atoms with Gasteiger partial charge >= 0.3 is 26.2 Å². The molecule has 0 amide bonds. The fourth-order valence-corrected chi connectivity index (χ4v) is 0.321. The summed E-state index contributed by atoms with van der Waals surface area (Å²) in [5.41, 5.74) is 0. The summed E-state index contributed by atoms with van der Waals surface area (Å²) in [6.45, 7) is 0. The molecule has 0 unspecified atom stereocenters. The van der Waals surface area contributed by atoms with Gasteiger partial charge in [0, 0.05) is 0 Å². The van der Waals surface area contributed by atoms with E-state index in [1.54, 1.807) is 0 Å². The number of rotatable bonds is 0. The summed E-state index contributed by atoms with van der Waals surface area (Å²) in [4.78, 5) is 0. The van der Waals surface area contributed by atoms with E-state index in [0.29, 0.717) is 0 Å². The number of hydrogen-bond donors (Lipinski definition) is 0. The second-order valence-corrected chi connectivity index (χ2v) is 0.962. The predicted octanol–water partition coefficient (Wildman–Crippen LogP) is -10.6. The van der Waals surface area contributed by atoms with Crippen molar-refractivity contribution in [2.24, 2.45) is 0 Å². The van der Waals surface area contributed by atoms with Crippen molar-refractivity contribution in [2.75, 3.05) is 0 Å². The molecular weight excluding hydrogens is 293 g/mol. The third-order valence-electron chi connectivity index (χ3n) is 0.556. The third-order valence-corrected chi connectivity index (χ3v) is 0.556. The average Bonchev–Trinajstić information content (AvgIpc) is 1.76. The third kappa shape index (κ3) is 16.2. The zero-order valence-electron chi connectivity index (χ0n) is 4.90. The van der Waals surface area contributed by atoms with Gasteiger partial charge in [0.2, 0.25) is 0 Å². The van der Waals surface area contributed by atoms with Gasteiger partial charge in [0.1, 0.15) is 0 Å². The van der Waals surface area contributed by atoms with Gasteiger partial charge in [-0.05, 0) is 0 Å². The minimum Gasteiger partial charge on any atom is -1.00 e. The van der Waals surface area contributed by atoms with Crippen molar-refractivity contribution >= 4 is 0 Å². The van der Waals surface area contributed by atoms with E-state index in [1.165, 1.54) is 0 Å². The monoisotopic (exact) mass is 295 g/mol. The molecule has 0 atom stereocenters. The smallest absolute Gasteiger partial charge is 1.00 e. The molecule has 1 rings (SSSR count). The molecule has 5 heteroatoms. The first-order chi connectivity index (χ1) is 2.50. The summed E-state index contributed by atoms with van der Waals surface area (Å²) in [7, 11) is 0. The van der Waals surface area contributed by atoms with E-state index in [1.807, 2.05) is 30.3 Å². The molecule has 0 heterocycles. The van der Waals surface area contributed by atoms with Crippen LogP contribution in [0.15, 0.2) is 30.3 Å². The number of hydrogen-bond acceptors (Lipinski definition) is 0. The van der Waals surface area contributed by atoms with Crippen molar-refractivity contribution in [1.29, 1.82) is 0 Å². The van der Waals surface area contributed by atoms with Gasteiger partial charge in [-0.25, -0.2) is 12.1 Å². The molecule has 0 nitrogen and oxygen atoms in total. The van der Waals surface area contributed by atoms with E-state index < -0.39 is 0 Å². The maximum absolute atomic E-state index is 2.00. The van der Waals surface area contributed by atoms with Crippen LogP contribution in [0.1, 0.15) is 0 Å². The van der Waals surface area contributed by atoms with Crippen LogP contribution in [0.2, 0.25) is 0 Å². The van der Waals surface area contributed by atoms with Crippen LogP contribution < -0.4 is 49.6 Å². The quantitative estimate of drug-likeness (QED) is 0.417. The Morgan fingerprint density at radius 2 is 1.00 bits per heavy atom. The Labute approximate surface area is 105 Å². The summed E-state index contributed by atoms with van der Waals surface area (Å²) in [5, 5.41) is 0. The first-order valence-corrected chi connectivity index (χ1v) is 1.67. The first kappa shape index (κ1) is 30.1. The molecule has 0 N–H and O–H groups in total. The van der Waals surface area contributed by atoms with Crippen LogP contribution in [0, 0.1) is 0 Å². The van der Waals surface area contributed by atoms with E-state index in [4.69, 9.17) is 0 Å².